The van der Waals surface area contributed by atoms with Crippen molar-refractivity contribution in [2.24, 2.45) is 5.41 Å². The summed E-state index contributed by atoms with van der Waals surface area (Å²) >= 11 is 0. The molecular weight excluding hydrogens is 242 g/mol. The smallest absolute Gasteiger partial charge is 0.337 e. The number of aliphatic hydroxyl groups excluding tert-OH is 1. The van der Waals surface area contributed by atoms with E-state index in [1.807, 2.05) is 32.9 Å². The van der Waals surface area contributed by atoms with Crippen LogP contribution in [0.25, 0.3) is 0 Å². The van der Waals surface area contributed by atoms with Gasteiger partial charge in [-0.25, -0.2) is 4.79 Å². The maximum Gasteiger partial charge on any atom is 0.337 e. The highest BCUT2D eigenvalue weighted by Gasteiger charge is 2.21. The zero-order valence-corrected chi connectivity index (χ0v) is 12.1. The van der Waals surface area contributed by atoms with Gasteiger partial charge in [-0.1, -0.05) is 32.9 Å². The lowest BCUT2D eigenvalue weighted by Crippen LogP contribution is -2.36. The van der Waals surface area contributed by atoms with Gasteiger partial charge in [-0.15, -0.1) is 0 Å². The third-order valence-corrected chi connectivity index (χ3v) is 3.04. The van der Waals surface area contributed by atoms with Crippen LogP contribution in [0.4, 0.5) is 0 Å². The molecule has 0 aliphatic rings. The van der Waals surface area contributed by atoms with Crippen LogP contribution in [0, 0.1) is 5.41 Å². The fourth-order valence-electron chi connectivity index (χ4n) is 1.54. The molecule has 0 saturated heterocycles. The molecule has 1 aromatic rings. The highest BCUT2D eigenvalue weighted by molar-refractivity contribution is 5.89. The molecule has 1 rings (SSSR count). The van der Waals surface area contributed by atoms with Crippen LogP contribution in [0.15, 0.2) is 24.3 Å². The quantitative estimate of drug-likeness (QED) is 0.799. The Kier molecular flexibility index (Phi) is 5.51. The maximum absolute atomic E-state index is 11.3. The molecule has 0 fully saturated rings. The van der Waals surface area contributed by atoms with Crippen LogP contribution in [-0.4, -0.2) is 30.8 Å². The van der Waals surface area contributed by atoms with Crippen LogP contribution in [0.2, 0.25) is 0 Å². The summed E-state index contributed by atoms with van der Waals surface area (Å²) in [5.74, 6) is -0.331. The topological polar surface area (TPSA) is 58.6 Å². The van der Waals surface area contributed by atoms with Crippen molar-refractivity contribution >= 4 is 5.97 Å². The molecule has 0 radical (unpaired) electrons. The molecule has 2 N–H and O–H groups in total. The minimum atomic E-state index is -0.387. The second-order valence-electron chi connectivity index (χ2n) is 5.70. The van der Waals surface area contributed by atoms with Crippen molar-refractivity contribution in [2.45, 2.75) is 33.4 Å². The molecule has 0 heterocycles. The molecule has 4 heteroatoms. The van der Waals surface area contributed by atoms with E-state index in [0.29, 0.717) is 18.7 Å². The zero-order chi connectivity index (χ0) is 14.5. The number of nitrogens with one attached hydrogen (secondary N) is 1. The lowest BCUT2D eigenvalue weighted by atomic mass is 9.89. The van der Waals surface area contributed by atoms with Gasteiger partial charge in [-0.05, 0) is 23.1 Å². The van der Waals surface area contributed by atoms with E-state index in [2.05, 4.69) is 10.1 Å². The lowest BCUT2D eigenvalue weighted by Gasteiger charge is -2.26. The summed E-state index contributed by atoms with van der Waals surface area (Å²) in [5.41, 5.74) is 1.48. The van der Waals surface area contributed by atoms with Gasteiger partial charge in [0.25, 0.3) is 0 Å². The van der Waals surface area contributed by atoms with E-state index in [-0.39, 0.29) is 17.5 Å². The van der Waals surface area contributed by atoms with Crippen LogP contribution in [0.5, 0.6) is 0 Å². The van der Waals surface area contributed by atoms with Gasteiger partial charge in [0.15, 0.2) is 0 Å². The summed E-state index contributed by atoms with van der Waals surface area (Å²) in [6.07, 6.45) is -0.387. The molecule has 0 aliphatic carbocycles. The van der Waals surface area contributed by atoms with Crippen LogP contribution >= 0.6 is 0 Å². The molecule has 0 aliphatic heterocycles. The van der Waals surface area contributed by atoms with Gasteiger partial charge < -0.3 is 15.2 Å². The first-order valence-electron chi connectivity index (χ1n) is 6.40. The first kappa shape index (κ1) is 15.7. The Balaban J connectivity index is 2.45. The van der Waals surface area contributed by atoms with Gasteiger partial charge >= 0.3 is 5.97 Å². The number of ether oxygens (including phenoxy) is 1. The molecular formula is C15H23NO3. The highest BCUT2D eigenvalue weighted by atomic mass is 16.5. The van der Waals surface area contributed by atoms with Gasteiger partial charge in [0, 0.05) is 13.1 Å². The number of carbonyl (C=O) groups excluding carboxylic acids is 1. The fourth-order valence-corrected chi connectivity index (χ4v) is 1.54. The average molecular weight is 265 g/mol. The number of methoxy groups -OCH3 is 1. The predicted octanol–water partition coefficient (Wildman–Crippen LogP) is 1.97. The highest BCUT2D eigenvalue weighted by Crippen LogP contribution is 2.18. The van der Waals surface area contributed by atoms with E-state index >= 15 is 0 Å². The third kappa shape index (κ3) is 5.01. The predicted molar refractivity (Wildman–Crippen MR) is 75.0 cm³/mol. The number of hydrogen-bond donors (Lipinski definition) is 2. The minimum Gasteiger partial charge on any atom is -0.465 e. The molecule has 0 amide bonds. The molecule has 4 nitrogen and oxygen atoms in total. The summed E-state index contributed by atoms with van der Waals surface area (Å²) < 4.78 is 4.64. The Bertz CT molecular complexity index is 406. The monoisotopic (exact) mass is 265 g/mol. The number of aliphatic hydroxyl groups is 1. The van der Waals surface area contributed by atoms with Gasteiger partial charge in [0.05, 0.1) is 18.8 Å². The lowest BCUT2D eigenvalue weighted by molar-refractivity contribution is 0.0600. The molecule has 0 bridgehead atoms. The van der Waals surface area contributed by atoms with Crippen molar-refractivity contribution in [1.82, 2.24) is 5.32 Å². The normalized spacial score (nSPS) is 13.1. The van der Waals surface area contributed by atoms with E-state index < -0.39 is 0 Å². The largest absolute Gasteiger partial charge is 0.465 e. The van der Waals surface area contributed by atoms with Gasteiger partial charge in [-0.3, -0.25) is 0 Å². The summed E-state index contributed by atoms with van der Waals surface area (Å²) in [6.45, 7) is 7.22. The van der Waals surface area contributed by atoms with E-state index in [1.165, 1.54) is 7.11 Å². The maximum atomic E-state index is 11.3. The Morgan fingerprint density at radius 2 is 1.89 bits per heavy atom. The summed E-state index contributed by atoms with van der Waals surface area (Å²) in [4.78, 5) is 11.3. The van der Waals surface area contributed by atoms with E-state index in [0.717, 1.165) is 5.56 Å². The Morgan fingerprint density at radius 1 is 1.32 bits per heavy atom. The van der Waals surface area contributed by atoms with Crippen molar-refractivity contribution in [1.29, 1.82) is 0 Å². The van der Waals surface area contributed by atoms with Crippen LogP contribution in [0.1, 0.15) is 36.7 Å². The van der Waals surface area contributed by atoms with Crippen LogP contribution in [0.3, 0.4) is 0 Å². The standard InChI is InChI=1S/C15H23NO3/c1-15(2,3)13(17)10-16-9-11-5-7-12(8-6-11)14(18)19-4/h5-8,13,16-17H,9-10H2,1-4H3. The van der Waals surface area contributed by atoms with Crippen molar-refractivity contribution in [3.05, 3.63) is 35.4 Å². The van der Waals surface area contributed by atoms with Crippen molar-refractivity contribution in [3.63, 3.8) is 0 Å². The average Bonchev–Trinajstić information content (AvgIpc) is 2.37. The van der Waals surface area contributed by atoms with E-state index in [4.69, 9.17) is 0 Å². The SMILES string of the molecule is COC(=O)c1ccc(CNCC(O)C(C)(C)C)cc1. The van der Waals surface area contributed by atoms with Gasteiger partial charge in [0.1, 0.15) is 0 Å². The summed E-state index contributed by atoms with van der Waals surface area (Å²) in [6, 6.07) is 7.23. The van der Waals surface area contributed by atoms with Gasteiger partial charge in [0.2, 0.25) is 0 Å². The number of esters is 1. The second kappa shape index (κ2) is 6.68. The van der Waals surface area contributed by atoms with Gasteiger partial charge in [-0.2, -0.15) is 0 Å². The first-order valence-corrected chi connectivity index (χ1v) is 6.40. The number of rotatable bonds is 5. The molecule has 1 atom stereocenters. The number of hydrogen-bond acceptors (Lipinski definition) is 4. The summed E-state index contributed by atoms with van der Waals surface area (Å²) in [7, 11) is 1.37. The Morgan fingerprint density at radius 3 is 2.37 bits per heavy atom. The minimum absolute atomic E-state index is 0.123. The molecule has 19 heavy (non-hydrogen) atoms. The van der Waals surface area contributed by atoms with Crippen LogP contribution in [-0.2, 0) is 11.3 Å². The zero-order valence-electron chi connectivity index (χ0n) is 12.1. The Labute approximate surface area is 114 Å². The molecule has 0 aromatic heterocycles. The molecule has 0 saturated carbocycles. The molecule has 106 valence electrons. The second-order valence-corrected chi connectivity index (χ2v) is 5.70. The molecule has 1 aromatic carbocycles. The van der Waals surface area contributed by atoms with Crippen LogP contribution < -0.4 is 5.32 Å². The van der Waals surface area contributed by atoms with E-state index in [9.17, 15) is 9.90 Å². The Hall–Kier alpha value is -1.39. The van der Waals surface area contributed by atoms with E-state index in [1.54, 1.807) is 12.1 Å². The summed E-state index contributed by atoms with van der Waals surface area (Å²) in [5, 5.41) is 13.1. The number of benzene rings is 1. The van der Waals surface area contributed by atoms with Crippen molar-refractivity contribution in [3.8, 4) is 0 Å². The first-order chi connectivity index (χ1) is 8.84. The molecule has 0 spiro atoms. The molecule has 1 unspecified atom stereocenters. The van der Waals surface area contributed by atoms with Crippen molar-refractivity contribution < 1.29 is 14.6 Å². The number of carbonyl (C=O) groups is 1. The fraction of sp³-hybridized carbons (Fsp3) is 0.533. The third-order valence-electron chi connectivity index (χ3n) is 3.04. The van der Waals surface area contributed by atoms with Crippen molar-refractivity contribution in [2.75, 3.05) is 13.7 Å².